The van der Waals surface area contributed by atoms with Crippen LogP contribution in [0, 0.1) is 0 Å². The molecule has 0 bridgehead atoms. The molecule has 0 fully saturated rings. The van der Waals surface area contributed by atoms with E-state index >= 15 is 0 Å². The van der Waals surface area contributed by atoms with Gasteiger partial charge in [0, 0.05) is 0 Å². The first kappa shape index (κ1) is 19.9. The Morgan fingerprint density at radius 2 is 0.903 bits per heavy atom. The summed E-state index contributed by atoms with van der Waals surface area (Å²) in [5.41, 5.74) is 12.0. The van der Waals surface area contributed by atoms with E-state index in [2.05, 4.69) is 127 Å². The molecule has 1 aliphatic carbocycles. The third kappa shape index (κ3) is 3.74. The molecule has 1 heteroatoms. The SMILES string of the molecule is [CH3][V][C]1=C(c2ccccc2)C(c2ccccc2)=C(c2ccccc2)C1c1ccccc1. The Morgan fingerprint density at radius 3 is 1.39 bits per heavy atom. The van der Waals surface area contributed by atoms with Gasteiger partial charge in [-0.1, -0.05) is 0 Å². The van der Waals surface area contributed by atoms with Crippen molar-refractivity contribution < 1.29 is 16.3 Å². The summed E-state index contributed by atoms with van der Waals surface area (Å²) < 4.78 is 1.59. The summed E-state index contributed by atoms with van der Waals surface area (Å²) in [7, 11) is 0. The molecule has 0 spiro atoms. The number of allylic oxidation sites excluding steroid dienone is 4. The molecule has 0 aliphatic heterocycles. The Kier molecular flexibility index (Phi) is 5.76. The number of hydrogen-bond donors (Lipinski definition) is 0. The Hall–Kier alpha value is -3.06. The Balaban J connectivity index is 1.89. The van der Waals surface area contributed by atoms with E-state index in [1.54, 1.807) is 4.28 Å². The van der Waals surface area contributed by atoms with Crippen LogP contribution in [-0.4, -0.2) is 0 Å². The van der Waals surface area contributed by atoms with Gasteiger partial charge in [-0.2, -0.15) is 0 Å². The second-order valence-electron chi connectivity index (χ2n) is 7.71. The van der Waals surface area contributed by atoms with Crippen LogP contribution >= 0.6 is 0 Å². The van der Waals surface area contributed by atoms with Gasteiger partial charge in [0.1, 0.15) is 0 Å². The molecule has 149 valence electrons. The Morgan fingerprint density at radius 1 is 0.484 bits per heavy atom. The van der Waals surface area contributed by atoms with Crippen LogP contribution in [0.25, 0.3) is 16.7 Å². The van der Waals surface area contributed by atoms with Crippen molar-refractivity contribution in [2.45, 2.75) is 11.6 Å². The van der Waals surface area contributed by atoms with Gasteiger partial charge in [0.15, 0.2) is 0 Å². The van der Waals surface area contributed by atoms with Crippen molar-refractivity contribution in [3.8, 4) is 0 Å². The van der Waals surface area contributed by atoms with Gasteiger partial charge in [0.05, 0.1) is 0 Å². The van der Waals surface area contributed by atoms with Crippen LogP contribution in [0.1, 0.15) is 28.2 Å². The second kappa shape index (κ2) is 8.98. The van der Waals surface area contributed by atoms with Crippen LogP contribution in [0.4, 0.5) is 0 Å². The zero-order valence-corrected chi connectivity index (χ0v) is 19.0. The molecular formula is C30H24V. The summed E-state index contributed by atoms with van der Waals surface area (Å²) in [5, 5.41) is 0. The van der Waals surface area contributed by atoms with E-state index in [0.717, 1.165) is 0 Å². The number of rotatable bonds is 5. The first-order chi connectivity index (χ1) is 15.4. The predicted octanol–water partition coefficient (Wildman–Crippen LogP) is 7.94. The molecule has 0 heterocycles. The molecule has 0 aromatic heterocycles. The van der Waals surface area contributed by atoms with Crippen molar-refractivity contribution in [3.05, 3.63) is 148 Å². The fraction of sp³-hybridized carbons (Fsp3) is 0.0667. The fourth-order valence-corrected chi connectivity index (χ4v) is 6.19. The quantitative estimate of drug-likeness (QED) is 0.298. The van der Waals surface area contributed by atoms with Gasteiger partial charge in [-0.25, -0.2) is 0 Å². The van der Waals surface area contributed by atoms with E-state index in [1.807, 2.05) is 0 Å². The normalized spacial score (nSPS) is 16.0. The van der Waals surface area contributed by atoms with Crippen LogP contribution in [0.3, 0.4) is 0 Å². The van der Waals surface area contributed by atoms with Crippen LogP contribution in [0.15, 0.2) is 126 Å². The monoisotopic (exact) mass is 435 g/mol. The zero-order valence-electron chi connectivity index (χ0n) is 17.6. The van der Waals surface area contributed by atoms with Crippen LogP contribution in [-0.2, 0) is 16.3 Å². The van der Waals surface area contributed by atoms with E-state index in [-0.39, 0.29) is 16.3 Å². The molecule has 4 aromatic rings. The average Bonchev–Trinajstić information content (AvgIpc) is 3.21. The van der Waals surface area contributed by atoms with Crippen molar-refractivity contribution in [3.63, 3.8) is 0 Å². The number of hydrogen-bond acceptors (Lipinski definition) is 0. The Labute approximate surface area is 192 Å². The van der Waals surface area contributed by atoms with Gasteiger partial charge in [0.25, 0.3) is 0 Å². The Bertz CT molecular complexity index is 1220. The first-order valence-corrected chi connectivity index (χ1v) is 12.8. The first-order valence-electron chi connectivity index (χ1n) is 10.7. The van der Waals surface area contributed by atoms with Gasteiger partial charge in [-0.05, 0) is 0 Å². The molecule has 0 saturated carbocycles. The summed E-state index contributed by atoms with van der Waals surface area (Å²) in [6, 6.07) is 43.9. The van der Waals surface area contributed by atoms with E-state index in [0.29, 0.717) is 5.92 Å². The molecule has 0 saturated heterocycles. The maximum atomic E-state index is 2.39. The van der Waals surface area contributed by atoms with E-state index < -0.39 is 0 Å². The predicted molar refractivity (Wildman–Crippen MR) is 128 cm³/mol. The molecule has 1 atom stereocenters. The average molecular weight is 435 g/mol. The maximum absolute atomic E-state index is 2.39. The van der Waals surface area contributed by atoms with E-state index in [1.165, 1.54) is 39.0 Å². The molecule has 1 aliphatic rings. The van der Waals surface area contributed by atoms with Crippen LogP contribution < -0.4 is 0 Å². The van der Waals surface area contributed by atoms with Crippen molar-refractivity contribution >= 4 is 16.7 Å². The molecule has 4 aromatic carbocycles. The van der Waals surface area contributed by atoms with E-state index in [4.69, 9.17) is 0 Å². The minimum atomic E-state index is 0.0398. The fourth-order valence-electron chi connectivity index (χ4n) is 4.63. The minimum absolute atomic E-state index is 0.0398. The van der Waals surface area contributed by atoms with Crippen molar-refractivity contribution in [1.82, 2.24) is 0 Å². The summed E-state index contributed by atoms with van der Waals surface area (Å²) in [4.78, 5) is 0. The van der Waals surface area contributed by atoms with E-state index in [9.17, 15) is 0 Å². The molecule has 31 heavy (non-hydrogen) atoms. The van der Waals surface area contributed by atoms with Crippen LogP contribution in [0.5, 0.6) is 0 Å². The van der Waals surface area contributed by atoms with Gasteiger partial charge in [-0.3, -0.25) is 0 Å². The summed E-state index contributed by atoms with van der Waals surface area (Å²) >= 11 is 0.0398. The van der Waals surface area contributed by atoms with Gasteiger partial charge < -0.3 is 0 Å². The van der Waals surface area contributed by atoms with Crippen LogP contribution in [0.2, 0.25) is 5.64 Å². The third-order valence-electron chi connectivity index (χ3n) is 5.92. The molecule has 1 unspecified atom stereocenters. The molecule has 0 amide bonds. The van der Waals surface area contributed by atoms with Gasteiger partial charge in [-0.15, -0.1) is 0 Å². The number of benzene rings is 4. The summed E-state index contributed by atoms with van der Waals surface area (Å²) in [6.45, 7) is 0. The van der Waals surface area contributed by atoms with Crippen molar-refractivity contribution in [1.29, 1.82) is 0 Å². The van der Waals surface area contributed by atoms with Gasteiger partial charge >= 0.3 is 192 Å². The van der Waals surface area contributed by atoms with Crippen molar-refractivity contribution in [2.75, 3.05) is 0 Å². The second-order valence-corrected chi connectivity index (χ2v) is 9.17. The van der Waals surface area contributed by atoms with Gasteiger partial charge in [0.2, 0.25) is 0 Å². The summed E-state index contributed by atoms with van der Waals surface area (Å²) in [5.74, 6) is 0.291. The molecular weight excluding hydrogens is 411 g/mol. The summed E-state index contributed by atoms with van der Waals surface area (Å²) in [6.07, 6.45) is 0. The molecule has 5 rings (SSSR count). The molecule has 0 radical (unpaired) electrons. The topological polar surface area (TPSA) is 0 Å². The standard InChI is InChI=1S/C29H21.CH3.V/c1-5-13-22(14-6-1)26-21-27(23-15-7-2-8-16-23)29(25-19-11-4-12-20-25)28(26)24-17-9-3-10-18-24;;/h1-20,26H;1H3;. The van der Waals surface area contributed by atoms with Crippen molar-refractivity contribution in [2.24, 2.45) is 0 Å². The molecule has 0 N–H and O–H groups in total. The molecule has 0 nitrogen and oxygen atoms in total. The third-order valence-corrected chi connectivity index (χ3v) is 7.43. The zero-order chi connectivity index (χ0) is 21.0.